The average Bonchev–Trinajstić information content (AvgIpc) is 2.58. The van der Waals surface area contributed by atoms with Crippen molar-refractivity contribution in [2.24, 2.45) is 0 Å². The van der Waals surface area contributed by atoms with E-state index in [9.17, 15) is 9.59 Å². The molecule has 1 aliphatic heterocycles. The highest BCUT2D eigenvalue weighted by molar-refractivity contribution is 5.85. The molecule has 1 amide bonds. The van der Waals surface area contributed by atoms with E-state index >= 15 is 0 Å². The molecule has 0 saturated carbocycles. The zero-order chi connectivity index (χ0) is 15.4. The largest absolute Gasteiger partial charge is 0.331 e. The molecule has 0 bridgehead atoms. The number of hydrogen-bond acceptors (Lipinski definition) is 4. The second-order valence-electron chi connectivity index (χ2n) is 5.26. The summed E-state index contributed by atoms with van der Waals surface area (Å²) in [6.07, 6.45) is 5.14. The zero-order valence-corrected chi connectivity index (χ0v) is 13.4. The first-order valence-corrected chi connectivity index (χ1v) is 7.31. The van der Waals surface area contributed by atoms with Crippen LogP contribution in [0.1, 0.15) is 11.6 Å². The van der Waals surface area contributed by atoms with Gasteiger partial charge in [0.25, 0.3) is 5.56 Å². The molecular formula is C16H19ClN4O2. The number of halogens is 1. The van der Waals surface area contributed by atoms with Crippen molar-refractivity contribution >= 4 is 18.3 Å². The Morgan fingerprint density at radius 1 is 1.30 bits per heavy atom. The Kier molecular flexibility index (Phi) is 5.90. The third kappa shape index (κ3) is 3.97. The summed E-state index contributed by atoms with van der Waals surface area (Å²) in [7, 11) is 0. The quantitative estimate of drug-likeness (QED) is 0.903. The van der Waals surface area contributed by atoms with E-state index in [0.717, 1.165) is 12.1 Å². The van der Waals surface area contributed by atoms with Crippen LogP contribution in [0.15, 0.2) is 53.7 Å². The molecule has 0 aliphatic carbocycles. The summed E-state index contributed by atoms with van der Waals surface area (Å²) < 4.78 is 1.44. The number of piperazine rings is 1. The smallest absolute Gasteiger partial charge is 0.250 e. The van der Waals surface area contributed by atoms with Crippen LogP contribution in [0.3, 0.4) is 0 Å². The van der Waals surface area contributed by atoms with Crippen molar-refractivity contribution in [2.45, 2.75) is 12.6 Å². The second-order valence-corrected chi connectivity index (χ2v) is 5.26. The molecule has 3 heterocycles. The van der Waals surface area contributed by atoms with Crippen LogP contribution in [0.4, 0.5) is 0 Å². The van der Waals surface area contributed by atoms with Crippen molar-refractivity contribution < 1.29 is 4.79 Å². The minimum absolute atomic E-state index is 0. The Morgan fingerprint density at radius 3 is 2.91 bits per heavy atom. The van der Waals surface area contributed by atoms with Crippen molar-refractivity contribution in [3.8, 4) is 0 Å². The zero-order valence-electron chi connectivity index (χ0n) is 12.6. The number of nitrogens with zero attached hydrogens (tertiary/aromatic N) is 3. The lowest BCUT2D eigenvalue weighted by Gasteiger charge is -2.36. The minimum atomic E-state index is -0.163. The van der Waals surface area contributed by atoms with Crippen LogP contribution in [0, 0.1) is 0 Å². The van der Waals surface area contributed by atoms with Crippen molar-refractivity contribution in [2.75, 3.05) is 19.6 Å². The maximum atomic E-state index is 12.6. The number of pyridine rings is 2. The summed E-state index contributed by atoms with van der Waals surface area (Å²) in [6.45, 7) is 2.14. The van der Waals surface area contributed by atoms with Crippen molar-refractivity contribution in [1.82, 2.24) is 19.8 Å². The van der Waals surface area contributed by atoms with E-state index in [1.807, 2.05) is 17.0 Å². The highest BCUT2D eigenvalue weighted by Gasteiger charge is 2.27. The lowest BCUT2D eigenvalue weighted by Crippen LogP contribution is -2.50. The molecule has 7 heteroatoms. The van der Waals surface area contributed by atoms with Gasteiger partial charge < -0.3 is 14.8 Å². The molecule has 1 unspecified atom stereocenters. The van der Waals surface area contributed by atoms with E-state index in [1.54, 1.807) is 30.7 Å². The highest BCUT2D eigenvalue weighted by atomic mass is 35.5. The first kappa shape index (κ1) is 17.2. The predicted octanol–water partition coefficient (Wildman–Crippen LogP) is 0.838. The molecule has 6 nitrogen and oxygen atoms in total. The molecule has 0 radical (unpaired) electrons. The van der Waals surface area contributed by atoms with E-state index in [-0.39, 0.29) is 36.5 Å². The summed E-state index contributed by atoms with van der Waals surface area (Å²) in [4.78, 5) is 30.3. The van der Waals surface area contributed by atoms with Gasteiger partial charge in [0.2, 0.25) is 5.91 Å². The first-order chi connectivity index (χ1) is 10.8. The lowest BCUT2D eigenvalue weighted by molar-refractivity contribution is -0.135. The standard InChI is InChI=1S/C16H18N4O2.ClH/c21-15-5-1-2-8-19(15)12-16(22)20-9-7-18-11-14(20)13-4-3-6-17-10-13;/h1-6,8,10,14,18H,7,9,11-12H2;1H. The van der Waals surface area contributed by atoms with Gasteiger partial charge in [-0.25, -0.2) is 0 Å². The number of hydrogen-bond donors (Lipinski definition) is 1. The number of amides is 1. The summed E-state index contributed by atoms with van der Waals surface area (Å²) in [6, 6.07) is 8.68. The molecule has 122 valence electrons. The van der Waals surface area contributed by atoms with Crippen molar-refractivity contribution in [1.29, 1.82) is 0 Å². The Hall–Kier alpha value is -2.18. The molecule has 1 fully saturated rings. The van der Waals surface area contributed by atoms with Crippen molar-refractivity contribution in [3.63, 3.8) is 0 Å². The topological polar surface area (TPSA) is 67.2 Å². The molecule has 0 spiro atoms. The first-order valence-electron chi connectivity index (χ1n) is 7.31. The van der Waals surface area contributed by atoms with Gasteiger partial charge in [0.05, 0.1) is 6.04 Å². The molecule has 23 heavy (non-hydrogen) atoms. The summed E-state index contributed by atoms with van der Waals surface area (Å²) >= 11 is 0. The van der Waals surface area contributed by atoms with Crippen LogP contribution in [0.5, 0.6) is 0 Å². The Morgan fingerprint density at radius 2 is 2.17 bits per heavy atom. The SMILES string of the molecule is Cl.O=C(Cn1ccccc1=O)N1CCNCC1c1cccnc1. The highest BCUT2D eigenvalue weighted by Crippen LogP contribution is 2.21. The van der Waals surface area contributed by atoms with Gasteiger partial charge in [0, 0.05) is 44.3 Å². The third-order valence-corrected chi connectivity index (χ3v) is 3.84. The van der Waals surface area contributed by atoms with Gasteiger partial charge in [-0.15, -0.1) is 12.4 Å². The summed E-state index contributed by atoms with van der Waals surface area (Å²) in [5.74, 6) is -0.0522. The van der Waals surface area contributed by atoms with Crippen LogP contribution in [0.2, 0.25) is 0 Å². The second kappa shape index (κ2) is 7.89. The van der Waals surface area contributed by atoms with Gasteiger partial charge >= 0.3 is 0 Å². The lowest BCUT2D eigenvalue weighted by atomic mass is 10.1. The van der Waals surface area contributed by atoms with E-state index < -0.39 is 0 Å². The van der Waals surface area contributed by atoms with Gasteiger partial charge in [-0.2, -0.15) is 0 Å². The fraction of sp³-hybridized carbons (Fsp3) is 0.312. The fourth-order valence-corrected chi connectivity index (χ4v) is 2.70. The Bertz CT molecular complexity index is 704. The Labute approximate surface area is 140 Å². The van der Waals surface area contributed by atoms with Gasteiger partial charge in [0.1, 0.15) is 6.54 Å². The summed E-state index contributed by atoms with van der Waals surface area (Å²) in [5, 5.41) is 3.30. The monoisotopic (exact) mass is 334 g/mol. The number of nitrogens with one attached hydrogen (secondary N) is 1. The Balaban J connectivity index is 0.00000192. The predicted molar refractivity (Wildman–Crippen MR) is 89.5 cm³/mol. The molecule has 3 rings (SSSR count). The van der Waals surface area contributed by atoms with E-state index in [1.165, 1.54) is 10.6 Å². The third-order valence-electron chi connectivity index (χ3n) is 3.84. The maximum absolute atomic E-state index is 12.6. The van der Waals surface area contributed by atoms with Crippen LogP contribution in [-0.2, 0) is 11.3 Å². The number of carbonyl (C=O) groups is 1. The van der Waals surface area contributed by atoms with E-state index in [0.29, 0.717) is 13.1 Å². The molecular weight excluding hydrogens is 316 g/mol. The molecule has 1 N–H and O–H groups in total. The number of rotatable bonds is 3. The number of aromatic nitrogens is 2. The van der Waals surface area contributed by atoms with Crippen LogP contribution >= 0.6 is 12.4 Å². The van der Waals surface area contributed by atoms with Gasteiger partial charge in [-0.1, -0.05) is 12.1 Å². The molecule has 1 aliphatic rings. The molecule has 2 aromatic heterocycles. The van der Waals surface area contributed by atoms with E-state index in [2.05, 4.69) is 10.3 Å². The van der Waals surface area contributed by atoms with Crippen LogP contribution in [0.25, 0.3) is 0 Å². The van der Waals surface area contributed by atoms with Gasteiger partial charge in [-0.3, -0.25) is 14.6 Å². The molecule has 1 atom stereocenters. The average molecular weight is 335 g/mol. The van der Waals surface area contributed by atoms with E-state index in [4.69, 9.17) is 0 Å². The molecule has 1 saturated heterocycles. The summed E-state index contributed by atoms with van der Waals surface area (Å²) in [5.41, 5.74) is 0.840. The van der Waals surface area contributed by atoms with Crippen LogP contribution < -0.4 is 10.9 Å². The van der Waals surface area contributed by atoms with Crippen molar-refractivity contribution in [3.05, 3.63) is 64.8 Å². The maximum Gasteiger partial charge on any atom is 0.250 e. The fourth-order valence-electron chi connectivity index (χ4n) is 2.70. The molecule has 0 aromatic carbocycles. The van der Waals surface area contributed by atoms with Gasteiger partial charge in [0.15, 0.2) is 0 Å². The normalized spacial score (nSPS) is 17.4. The van der Waals surface area contributed by atoms with Crippen LogP contribution in [-0.4, -0.2) is 40.0 Å². The van der Waals surface area contributed by atoms with Gasteiger partial charge in [-0.05, 0) is 17.7 Å². The molecule has 2 aromatic rings. The number of carbonyl (C=O) groups excluding carboxylic acids is 1. The minimum Gasteiger partial charge on any atom is -0.331 e.